The first-order valence-corrected chi connectivity index (χ1v) is 6.89. The van der Waals surface area contributed by atoms with Gasteiger partial charge in [0, 0.05) is 37.6 Å². The van der Waals surface area contributed by atoms with Crippen LogP contribution in [0.25, 0.3) is 6.20 Å². The van der Waals surface area contributed by atoms with E-state index in [1.54, 1.807) is 17.1 Å². The summed E-state index contributed by atoms with van der Waals surface area (Å²) >= 11 is 0. The van der Waals surface area contributed by atoms with Gasteiger partial charge >= 0.3 is 6.09 Å². The number of hydrogen-bond donors (Lipinski definition) is 2. The van der Waals surface area contributed by atoms with Crippen molar-refractivity contribution >= 4 is 12.3 Å². The molecule has 0 radical (unpaired) electrons. The lowest BCUT2D eigenvalue weighted by molar-refractivity contribution is 0.0534. The third-order valence-corrected chi connectivity index (χ3v) is 2.36. The quantitative estimate of drug-likeness (QED) is 0.597. The number of ether oxygens (including phenoxy) is 1. The maximum atomic E-state index is 11.4. The van der Waals surface area contributed by atoms with Crippen LogP contribution in [0.3, 0.4) is 0 Å². The molecule has 0 saturated heterocycles. The van der Waals surface area contributed by atoms with Gasteiger partial charge in [0.15, 0.2) is 0 Å². The zero-order valence-electron chi connectivity index (χ0n) is 12.9. The van der Waals surface area contributed by atoms with Crippen molar-refractivity contribution in [1.29, 1.82) is 0 Å². The smallest absolute Gasteiger partial charge is 0.407 e. The molecular weight excluding hydrogens is 268 g/mol. The molecule has 1 heterocycles. The molecule has 1 amide bonds. The molecule has 0 aromatic carbocycles. The number of nitrogens with zero attached hydrogens (tertiary/aromatic N) is 2. The number of alkyl carbamates (subject to hydrolysis) is 1. The van der Waals surface area contributed by atoms with E-state index in [1.165, 1.54) is 0 Å². The van der Waals surface area contributed by atoms with Gasteiger partial charge in [0.25, 0.3) is 0 Å². The highest BCUT2D eigenvalue weighted by atomic mass is 16.6. The Morgan fingerprint density at radius 3 is 2.76 bits per heavy atom. The van der Waals surface area contributed by atoms with Gasteiger partial charge in [-0.2, -0.15) is 5.10 Å². The van der Waals surface area contributed by atoms with E-state index < -0.39 is 11.7 Å². The van der Waals surface area contributed by atoms with E-state index in [1.807, 2.05) is 39.1 Å². The summed E-state index contributed by atoms with van der Waals surface area (Å²) in [4.78, 5) is 11.4. The lowest BCUT2D eigenvalue weighted by Crippen LogP contribution is -2.32. The fourth-order valence-electron chi connectivity index (χ4n) is 1.49. The summed E-state index contributed by atoms with van der Waals surface area (Å²) in [5.41, 5.74) is 0.626. The van der Waals surface area contributed by atoms with Crippen molar-refractivity contribution in [2.24, 2.45) is 0 Å². The summed E-state index contributed by atoms with van der Waals surface area (Å²) in [6.45, 7) is 11.0. The van der Waals surface area contributed by atoms with E-state index in [4.69, 9.17) is 4.74 Å². The Morgan fingerprint density at radius 1 is 1.43 bits per heavy atom. The fourth-order valence-corrected chi connectivity index (χ4v) is 1.49. The highest BCUT2D eigenvalue weighted by Crippen LogP contribution is 2.06. The second-order valence-electron chi connectivity index (χ2n) is 5.50. The van der Waals surface area contributed by atoms with Crippen molar-refractivity contribution in [1.82, 2.24) is 20.4 Å². The van der Waals surface area contributed by atoms with Crippen LogP contribution < -0.4 is 10.6 Å². The molecule has 21 heavy (non-hydrogen) atoms. The Kier molecular flexibility index (Phi) is 6.68. The Bertz CT molecular complexity index is 486. The molecule has 116 valence electrons. The Morgan fingerprint density at radius 2 is 2.14 bits per heavy atom. The van der Waals surface area contributed by atoms with Gasteiger partial charge < -0.3 is 15.4 Å². The van der Waals surface area contributed by atoms with Crippen LogP contribution in [0, 0.1) is 0 Å². The van der Waals surface area contributed by atoms with Crippen LogP contribution >= 0.6 is 0 Å². The van der Waals surface area contributed by atoms with Gasteiger partial charge in [-0.3, -0.25) is 0 Å². The van der Waals surface area contributed by atoms with Crippen molar-refractivity contribution < 1.29 is 9.53 Å². The second kappa shape index (κ2) is 8.26. The number of nitrogens with one attached hydrogen (secondary N) is 2. The van der Waals surface area contributed by atoms with Gasteiger partial charge in [-0.1, -0.05) is 18.7 Å². The third kappa shape index (κ3) is 7.94. The predicted molar refractivity (Wildman–Crippen MR) is 83.7 cm³/mol. The van der Waals surface area contributed by atoms with Crippen LogP contribution in [0.5, 0.6) is 0 Å². The molecule has 0 fully saturated rings. The second-order valence-corrected chi connectivity index (χ2v) is 5.50. The largest absolute Gasteiger partial charge is 0.444 e. The number of carbonyl (C=O) groups excluding carboxylic acids is 1. The van der Waals surface area contributed by atoms with E-state index in [-0.39, 0.29) is 0 Å². The summed E-state index contributed by atoms with van der Waals surface area (Å²) < 4.78 is 6.78. The zero-order chi connectivity index (χ0) is 15.7. The van der Waals surface area contributed by atoms with Crippen LogP contribution in [-0.4, -0.2) is 34.6 Å². The SMILES string of the molecule is C=Cn1cc(CNC/C=C/CNC(=O)OC(C)(C)C)cn1. The summed E-state index contributed by atoms with van der Waals surface area (Å²) in [7, 11) is 0. The van der Waals surface area contributed by atoms with Crippen LogP contribution in [0.1, 0.15) is 26.3 Å². The molecule has 0 aliphatic heterocycles. The predicted octanol–water partition coefficient (Wildman–Crippen LogP) is 2.15. The summed E-state index contributed by atoms with van der Waals surface area (Å²) in [6.07, 6.45) is 8.78. The first-order chi connectivity index (χ1) is 9.90. The molecule has 6 nitrogen and oxygen atoms in total. The molecule has 0 spiro atoms. The monoisotopic (exact) mass is 292 g/mol. The van der Waals surface area contributed by atoms with Gasteiger partial charge in [0.2, 0.25) is 0 Å². The third-order valence-electron chi connectivity index (χ3n) is 2.36. The molecular formula is C15H24N4O2. The van der Waals surface area contributed by atoms with E-state index in [0.717, 1.165) is 18.7 Å². The molecule has 1 aromatic heterocycles. The van der Waals surface area contributed by atoms with E-state index in [0.29, 0.717) is 6.54 Å². The summed E-state index contributed by atoms with van der Waals surface area (Å²) in [5, 5.41) is 10.00. The minimum atomic E-state index is -0.467. The minimum absolute atomic E-state index is 0.406. The van der Waals surface area contributed by atoms with E-state index >= 15 is 0 Å². The number of rotatable bonds is 7. The van der Waals surface area contributed by atoms with Crippen LogP contribution in [0.4, 0.5) is 4.79 Å². The minimum Gasteiger partial charge on any atom is -0.444 e. The Labute approximate surface area is 125 Å². The number of amides is 1. The van der Waals surface area contributed by atoms with Gasteiger partial charge in [-0.25, -0.2) is 9.48 Å². The molecule has 0 aliphatic rings. The van der Waals surface area contributed by atoms with Crippen molar-refractivity contribution in [2.45, 2.75) is 32.9 Å². The summed E-state index contributed by atoms with van der Waals surface area (Å²) in [5.74, 6) is 0. The van der Waals surface area contributed by atoms with Crippen molar-refractivity contribution in [2.75, 3.05) is 13.1 Å². The average molecular weight is 292 g/mol. The number of carbonyl (C=O) groups is 1. The highest BCUT2D eigenvalue weighted by Gasteiger charge is 2.14. The lowest BCUT2D eigenvalue weighted by Gasteiger charge is -2.19. The van der Waals surface area contributed by atoms with E-state index in [2.05, 4.69) is 22.3 Å². The van der Waals surface area contributed by atoms with Gasteiger partial charge in [0.05, 0.1) is 6.20 Å². The van der Waals surface area contributed by atoms with Crippen molar-refractivity contribution in [3.63, 3.8) is 0 Å². The molecule has 0 atom stereocenters. The maximum absolute atomic E-state index is 11.4. The molecule has 2 N–H and O–H groups in total. The Balaban J connectivity index is 2.10. The van der Waals surface area contributed by atoms with Crippen LogP contribution in [0.2, 0.25) is 0 Å². The lowest BCUT2D eigenvalue weighted by atomic mass is 10.2. The number of hydrogen-bond acceptors (Lipinski definition) is 4. The van der Waals surface area contributed by atoms with Gasteiger partial charge in [0.1, 0.15) is 5.60 Å². The van der Waals surface area contributed by atoms with Crippen LogP contribution in [-0.2, 0) is 11.3 Å². The molecule has 0 saturated carbocycles. The molecule has 0 aliphatic carbocycles. The molecule has 0 unspecified atom stereocenters. The first kappa shape index (κ1) is 17.0. The number of aromatic nitrogens is 2. The maximum Gasteiger partial charge on any atom is 0.407 e. The zero-order valence-corrected chi connectivity index (χ0v) is 12.9. The van der Waals surface area contributed by atoms with Crippen molar-refractivity contribution in [3.8, 4) is 0 Å². The molecule has 1 aromatic rings. The normalized spacial score (nSPS) is 11.6. The Hall–Kier alpha value is -2.08. The van der Waals surface area contributed by atoms with Gasteiger partial charge in [-0.05, 0) is 20.8 Å². The fraction of sp³-hybridized carbons (Fsp3) is 0.467. The average Bonchev–Trinajstić information content (AvgIpc) is 2.83. The molecule has 1 rings (SSSR count). The highest BCUT2D eigenvalue weighted by molar-refractivity contribution is 5.67. The molecule has 6 heteroatoms. The summed E-state index contributed by atoms with van der Waals surface area (Å²) in [6, 6.07) is 0. The van der Waals surface area contributed by atoms with Gasteiger partial charge in [-0.15, -0.1) is 0 Å². The first-order valence-electron chi connectivity index (χ1n) is 6.89. The topological polar surface area (TPSA) is 68.2 Å². The van der Waals surface area contributed by atoms with Crippen molar-refractivity contribution in [3.05, 3.63) is 36.7 Å². The molecule has 0 bridgehead atoms. The van der Waals surface area contributed by atoms with Crippen LogP contribution in [0.15, 0.2) is 31.1 Å². The standard InChI is InChI=1S/C15H24N4O2/c1-5-19-12-13(11-18-19)10-16-8-6-7-9-17-14(20)21-15(2,3)4/h5-7,11-12,16H,1,8-10H2,2-4H3,(H,17,20)/b7-6+. The van der Waals surface area contributed by atoms with E-state index in [9.17, 15) is 4.79 Å².